The van der Waals surface area contributed by atoms with Crippen LogP contribution in [0.5, 0.6) is 0 Å². The van der Waals surface area contributed by atoms with Crippen molar-refractivity contribution in [3.05, 3.63) is 0 Å². The third kappa shape index (κ3) is 1.19. The van der Waals surface area contributed by atoms with Crippen molar-refractivity contribution in [2.45, 2.75) is 33.1 Å². The van der Waals surface area contributed by atoms with Crippen LogP contribution in [0.1, 0.15) is 33.1 Å². The van der Waals surface area contributed by atoms with Crippen LogP contribution in [-0.4, -0.2) is 11.7 Å². The predicted octanol–water partition coefficient (Wildman–Crippen LogP) is 2.30. The van der Waals surface area contributed by atoms with Crippen LogP contribution >= 0.6 is 0 Å². The Bertz CT molecular complexity index is 164. The third-order valence-electron chi connectivity index (χ3n) is 4.15. The highest BCUT2D eigenvalue weighted by Gasteiger charge is 2.45. The molecule has 2 bridgehead atoms. The van der Waals surface area contributed by atoms with Gasteiger partial charge in [-0.1, -0.05) is 13.8 Å². The second-order valence-electron chi connectivity index (χ2n) is 5.08. The molecule has 1 nitrogen and oxygen atoms in total. The summed E-state index contributed by atoms with van der Waals surface area (Å²) in [5, 5.41) is 9.11. The molecule has 0 radical (unpaired) electrons. The summed E-state index contributed by atoms with van der Waals surface area (Å²) in [6, 6.07) is 0. The predicted molar refractivity (Wildman–Crippen MR) is 49.7 cm³/mol. The van der Waals surface area contributed by atoms with E-state index in [0.717, 1.165) is 23.7 Å². The smallest absolute Gasteiger partial charge is 0.0462 e. The van der Waals surface area contributed by atoms with Crippen molar-refractivity contribution >= 4 is 0 Å². The summed E-state index contributed by atoms with van der Waals surface area (Å²) >= 11 is 0. The van der Waals surface area contributed by atoms with Crippen molar-refractivity contribution in [3.63, 3.8) is 0 Å². The number of hydrogen-bond acceptors (Lipinski definition) is 1. The Morgan fingerprint density at radius 2 is 1.92 bits per heavy atom. The molecule has 0 aliphatic heterocycles. The van der Waals surface area contributed by atoms with E-state index in [1.54, 1.807) is 0 Å². The summed E-state index contributed by atoms with van der Waals surface area (Å²) in [6.07, 6.45) is 4.12. The van der Waals surface area contributed by atoms with Gasteiger partial charge in [-0.05, 0) is 48.9 Å². The minimum Gasteiger partial charge on any atom is -0.396 e. The minimum atomic E-state index is 0.436. The van der Waals surface area contributed by atoms with Crippen molar-refractivity contribution < 1.29 is 5.11 Å². The fourth-order valence-corrected chi connectivity index (χ4v) is 3.48. The highest BCUT2D eigenvalue weighted by molar-refractivity contribution is 4.95. The molecular weight excluding hydrogens is 148 g/mol. The Labute approximate surface area is 75.2 Å². The maximum Gasteiger partial charge on any atom is 0.0462 e. The Hall–Kier alpha value is -0.0400. The summed E-state index contributed by atoms with van der Waals surface area (Å²) in [4.78, 5) is 0. The SMILES string of the molecule is CC(C)C1CC2CC1CC2CO. The molecule has 0 spiro atoms. The van der Waals surface area contributed by atoms with Gasteiger partial charge in [0.25, 0.3) is 0 Å². The molecule has 0 amide bonds. The summed E-state index contributed by atoms with van der Waals surface area (Å²) < 4.78 is 0. The molecule has 2 fully saturated rings. The highest BCUT2D eigenvalue weighted by Crippen LogP contribution is 2.53. The van der Waals surface area contributed by atoms with Gasteiger partial charge in [-0.2, -0.15) is 0 Å². The number of rotatable bonds is 2. The van der Waals surface area contributed by atoms with Gasteiger partial charge in [0.15, 0.2) is 0 Å². The molecule has 70 valence electrons. The van der Waals surface area contributed by atoms with Crippen molar-refractivity contribution in [2.75, 3.05) is 6.61 Å². The minimum absolute atomic E-state index is 0.436. The molecule has 1 heteroatoms. The molecule has 2 aliphatic carbocycles. The van der Waals surface area contributed by atoms with Gasteiger partial charge in [-0.15, -0.1) is 0 Å². The molecule has 2 aliphatic rings. The van der Waals surface area contributed by atoms with Crippen molar-refractivity contribution in [2.24, 2.45) is 29.6 Å². The average Bonchev–Trinajstić information content (AvgIpc) is 2.60. The van der Waals surface area contributed by atoms with Crippen LogP contribution < -0.4 is 0 Å². The van der Waals surface area contributed by atoms with E-state index in [0.29, 0.717) is 12.5 Å². The van der Waals surface area contributed by atoms with E-state index in [1.165, 1.54) is 19.3 Å². The van der Waals surface area contributed by atoms with Gasteiger partial charge in [-0.3, -0.25) is 0 Å². The molecule has 1 N–H and O–H groups in total. The van der Waals surface area contributed by atoms with Crippen molar-refractivity contribution in [3.8, 4) is 0 Å². The molecule has 4 atom stereocenters. The molecular formula is C11H20O. The second-order valence-corrected chi connectivity index (χ2v) is 5.08. The zero-order chi connectivity index (χ0) is 8.72. The van der Waals surface area contributed by atoms with Crippen molar-refractivity contribution in [1.29, 1.82) is 0 Å². The quantitative estimate of drug-likeness (QED) is 0.670. The van der Waals surface area contributed by atoms with E-state index in [4.69, 9.17) is 5.11 Å². The Morgan fingerprint density at radius 1 is 1.17 bits per heavy atom. The Kier molecular flexibility index (Phi) is 2.16. The number of fused-ring (bicyclic) bond motifs is 2. The van der Waals surface area contributed by atoms with E-state index in [-0.39, 0.29) is 0 Å². The zero-order valence-corrected chi connectivity index (χ0v) is 8.16. The molecule has 2 saturated carbocycles. The number of aliphatic hydroxyl groups is 1. The van der Waals surface area contributed by atoms with Crippen LogP contribution in [0.15, 0.2) is 0 Å². The lowest BCUT2D eigenvalue weighted by Crippen LogP contribution is -2.23. The number of hydrogen-bond donors (Lipinski definition) is 1. The first-order valence-electron chi connectivity index (χ1n) is 5.33. The molecule has 2 rings (SSSR count). The van der Waals surface area contributed by atoms with Gasteiger partial charge >= 0.3 is 0 Å². The number of aliphatic hydroxyl groups excluding tert-OH is 1. The highest BCUT2D eigenvalue weighted by atomic mass is 16.3. The zero-order valence-electron chi connectivity index (χ0n) is 8.16. The van der Waals surface area contributed by atoms with Gasteiger partial charge in [-0.25, -0.2) is 0 Å². The van der Waals surface area contributed by atoms with E-state index in [1.807, 2.05) is 0 Å². The average molecular weight is 168 g/mol. The normalized spacial score (nSPS) is 46.0. The van der Waals surface area contributed by atoms with E-state index in [9.17, 15) is 0 Å². The van der Waals surface area contributed by atoms with Crippen LogP contribution in [0.3, 0.4) is 0 Å². The lowest BCUT2D eigenvalue weighted by atomic mass is 9.77. The molecule has 0 aromatic heterocycles. The van der Waals surface area contributed by atoms with E-state index < -0.39 is 0 Å². The summed E-state index contributed by atoms with van der Waals surface area (Å²) in [6.45, 7) is 5.13. The first kappa shape index (κ1) is 8.55. The van der Waals surface area contributed by atoms with E-state index in [2.05, 4.69) is 13.8 Å². The second kappa shape index (κ2) is 3.02. The topological polar surface area (TPSA) is 20.2 Å². The van der Waals surface area contributed by atoms with Crippen LogP contribution in [0.25, 0.3) is 0 Å². The molecule has 12 heavy (non-hydrogen) atoms. The molecule has 0 saturated heterocycles. The van der Waals surface area contributed by atoms with Gasteiger partial charge in [0.05, 0.1) is 0 Å². The first-order valence-corrected chi connectivity index (χ1v) is 5.33. The third-order valence-corrected chi connectivity index (χ3v) is 4.15. The van der Waals surface area contributed by atoms with Gasteiger partial charge in [0.2, 0.25) is 0 Å². The summed E-state index contributed by atoms with van der Waals surface area (Å²) in [5.74, 6) is 4.31. The van der Waals surface area contributed by atoms with Crippen LogP contribution in [0.2, 0.25) is 0 Å². The Balaban J connectivity index is 1.98. The largest absolute Gasteiger partial charge is 0.396 e. The van der Waals surface area contributed by atoms with E-state index >= 15 is 0 Å². The van der Waals surface area contributed by atoms with Crippen molar-refractivity contribution in [1.82, 2.24) is 0 Å². The lowest BCUT2D eigenvalue weighted by molar-refractivity contribution is 0.140. The monoisotopic (exact) mass is 168 g/mol. The fourth-order valence-electron chi connectivity index (χ4n) is 3.48. The van der Waals surface area contributed by atoms with Gasteiger partial charge in [0.1, 0.15) is 0 Å². The van der Waals surface area contributed by atoms with Crippen LogP contribution in [0.4, 0.5) is 0 Å². The maximum absolute atomic E-state index is 9.11. The Morgan fingerprint density at radius 3 is 2.33 bits per heavy atom. The molecule has 0 heterocycles. The van der Waals surface area contributed by atoms with Crippen LogP contribution in [0, 0.1) is 29.6 Å². The maximum atomic E-state index is 9.11. The van der Waals surface area contributed by atoms with Gasteiger partial charge in [0, 0.05) is 6.61 Å². The lowest BCUT2D eigenvalue weighted by Gasteiger charge is -2.29. The van der Waals surface area contributed by atoms with Gasteiger partial charge < -0.3 is 5.11 Å². The first-order chi connectivity index (χ1) is 5.72. The molecule has 4 unspecified atom stereocenters. The summed E-state index contributed by atoms with van der Waals surface area (Å²) in [7, 11) is 0. The molecule has 0 aromatic rings. The molecule has 0 aromatic carbocycles. The fraction of sp³-hybridized carbons (Fsp3) is 1.00. The van der Waals surface area contributed by atoms with Crippen LogP contribution in [-0.2, 0) is 0 Å². The summed E-state index contributed by atoms with van der Waals surface area (Å²) in [5.41, 5.74) is 0. The standard InChI is InChI=1S/C11H20O/c1-7(2)11-5-8-3-9(11)4-10(8)6-12/h7-12H,3-6H2,1-2H3.